The molecule has 3 atom stereocenters. The maximum absolute atomic E-state index is 7.18. The lowest BCUT2D eigenvalue weighted by Crippen LogP contribution is -2.79. The van der Waals surface area contributed by atoms with Gasteiger partial charge in [-0.1, -0.05) is 20.8 Å². The third-order valence-electron chi connectivity index (χ3n) is 5.96. The molecule has 0 aliphatic carbocycles. The lowest BCUT2D eigenvalue weighted by atomic mass is 10.2. The van der Waals surface area contributed by atoms with Gasteiger partial charge in [-0.3, -0.25) is 0 Å². The molecule has 1 saturated heterocycles. The molecular weight excluding hydrogens is 469 g/mol. The van der Waals surface area contributed by atoms with E-state index in [0.29, 0.717) is 0 Å². The third kappa shape index (κ3) is 8.21. The minimum atomic E-state index is -2.84. The van der Waals surface area contributed by atoms with Crippen LogP contribution in [0.5, 0.6) is 0 Å². The maximum Gasteiger partial charge on any atom is 0.350 e. The molecule has 1 fully saturated rings. The van der Waals surface area contributed by atoms with Crippen LogP contribution in [0.25, 0.3) is 0 Å². The lowest BCUT2D eigenvalue weighted by molar-refractivity contribution is -0.0613. The molecular formula is C24H54O6Si3. The van der Waals surface area contributed by atoms with E-state index < -0.39 is 25.7 Å². The second kappa shape index (κ2) is 10.8. The summed E-state index contributed by atoms with van der Waals surface area (Å²) in [6.07, 6.45) is 0. The molecule has 33 heavy (non-hydrogen) atoms. The van der Waals surface area contributed by atoms with Gasteiger partial charge in [0.2, 0.25) is 0 Å². The summed E-state index contributed by atoms with van der Waals surface area (Å²) in [6, 6.07) is 2.38. The van der Waals surface area contributed by atoms with Crippen molar-refractivity contribution in [3.63, 3.8) is 0 Å². The molecule has 1 aliphatic heterocycles. The number of ether oxygens (including phenoxy) is 3. The molecule has 0 amide bonds. The molecule has 0 radical (unpaired) electrons. The molecule has 1 heterocycles. The summed E-state index contributed by atoms with van der Waals surface area (Å²) in [5.74, 6) is 0. The number of hydrogen-bond acceptors (Lipinski definition) is 6. The first-order valence-corrected chi connectivity index (χ1v) is 19.1. The van der Waals surface area contributed by atoms with Crippen molar-refractivity contribution < 1.29 is 26.6 Å². The first kappa shape index (κ1) is 31.4. The van der Waals surface area contributed by atoms with Gasteiger partial charge >= 0.3 is 25.7 Å². The summed E-state index contributed by atoms with van der Waals surface area (Å²) < 4.78 is 41.1. The van der Waals surface area contributed by atoms with Gasteiger partial charge in [0.05, 0.1) is 34.0 Å². The molecule has 0 aromatic carbocycles. The first-order valence-electron chi connectivity index (χ1n) is 12.8. The predicted octanol–water partition coefficient (Wildman–Crippen LogP) is 6.66. The fraction of sp³-hybridized carbons (Fsp3) is 1.00. The Morgan fingerprint density at radius 2 is 0.667 bits per heavy atom. The van der Waals surface area contributed by atoms with Gasteiger partial charge < -0.3 is 26.6 Å². The first-order chi connectivity index (χ1) is 14.7. The highest BCUT2D eigenvalue weighted by Gasteiger charge is 2.67. The Balaban J connectivity index is 3.67. The Kier molecular flexibility index (Phi) is 10.3. The number of hydrogen-bond donors (Lipinski definition) is 0. The van der Waals surface area contributed by atoms with Crippen molar-refractivity contribution in [3.05, 3.63) is 0 Å². The highest BCUT2D eigenvalue weighted by molar-refractivity contribution is 6.95. The molecule has 9 heteroatoms. The largest absolute Gasteiger partial charge is 0.412 e. The van der Waals surface area contributed by atoms with Crippen LogP contribution in [0.4, 0.5) is 0 Å². The van der Waals surface area contributed by atoms with Crippen molar-refractivity contribution in [2.45, 2.75) is 156 Å². The molecule has 1 rings (SSSR count). The Morgan fingerprint density at radius 3 is 0.788 bits per heavy atom. The van der Waals surface area contributed by atoms with Crippen LogP contribution in [0.2, 0.25) is 18.1 Å². The highest BCUT2D eigenvalue weighted by atomic mass is 28.5. The topological polar surface area (TPSA) is 55.4 Å². The molecule has 0 spiro atoms. The van der Waals surface area contributed by atoms with Crippen molar-refractivity contribution >= 4 is 25.7 Å². The van der Waals surface area contributed by atoms with E-state index >= 15 is 0 Å². The van der Waals surface area contributed by atoms with E-state index in [2.05, 4.69) is 104 Å². The van der Waals surface area contributed by atoms with Gasteiger partial charge in [-0.05, 0) is 101 Å². The van der Waals surface area contributed by atoms with Crippen molar-refractivity contribution in [1.29, 1.82) is 0 Å². The van der Waals surface area contributed by atoms with Gasteiger partial charge in [-0.2, -0.15) is 0 Å². The second-order valence-corrected chi connectivity index (χ2v) is 24.3. The van der Waals surface area contributed by atoms with Gasteiger partial charge in [0.25, 0.3) is 0 Å². The minimum Gasteiger partial charge on any atom is -0.412 e. The molecule has 0 aromatic heterocycles. The minimum absolute atomic E-state index is 0.146. The monoisotopic (exact) mass is 522 g/mol. The van der Waals surface area contributed by atoms with Crippen LogP contribution < -0.4 is 0 Å². The molecule has 0 aromatic rings. The molecule has 0 saturated carbocycles. The summed E-state index contributed by atoms with van der Waals surface area (Å²) >= 11 is 0. The maximum atomic E-state index is 7.18. The SMILES string of the molecule is CC[Si]1(C(C)OC(C)(C)C)O[Si](CC)(C(C)OC(C)(C)C)O[Si](CC)(C(C)OC(C)(C)C)O1. The fourth-order valence-corrected chi connectivity index (χ4v) is 24.0. The van der Waals surface area contributed by atoms with Gasteiger partial charge in [-0.15, -0.1) is 0 Å². The highest BCUT2D eigenvalue weighted by Crippen LogP contribution is 2.44. The molecule has 198 valence electrons. The molecule has 3 unspecified atom stereocenters. The van der Waals surface area contributed by atoms with Gasteiger partial charge in [0.15, 0.2) is 0 Å². The van der Waals surface area contributed by atoms with Crippen molar-refractivity contribution in [2.75, 3.05) is 0 Å². The van der Waals surface area contributed by atoms with E-state index in [4.69, 9.17) is 26.6 Å². The summed E-state index contributed by atoms with van der Waals surface area (Å²) in [6.45, 7) is 31.7. The quantitative estimate of drug-likeness (QED) is 0.315. The summed E-state index contributed by atoms with van der Waals surface area (Å²) in [5.41, 5.74) is -1.33. The van der Waals surface area contributed by atoms with Crippen LogP contribution in [0.3, 0.4) is 0 Å². The summed E-state index contributed by atoms with van der Waals surface area (Å²) in [4.78, 5) is 0. The van der Waals surface area contributed by atoms with Crippen LogP contribution in [-0.4, -0.2) is 59.7 Å². The average molecular weight is 523 g/mol. The predicted molar refractivity (Wildman–Crippen MR) is 143 cm³/mol. The van der Waals surface area contributed by atoms with Gasteiger partial charge in [0.1, 0.15) is 0 Å². The van der Waals surface area contributed by atoms with E-state index in [0.717, 1.165) is 18.1 Å². The Bertz CT molecular complexity index is 532. The third-order valence-corrected chi connectivity index (χ3v) is 21.3. The van der Waals surface area contributed by atoms with Crippen molar-refractivity contribution in [2.24, 2.45) is 0 Å². The van der Waals surface area contributed by atoms with Gasteiger partial charge in [0, 0.05) is 0 Å². The molecule has 6 nitrogen and oxygen atoms in total. The Morgan fingerprint density at radius 1 is 0.485 bits per heavy atom. The van der Waals surface area contributed by atoms with Crippen molar-refractivity contribution in [3.8, 4) is 0 Å². The lowest BCUT2D eigenvalue weighted by Gasteiger charge is -2.57. The molecule has 0 bridgehead atoms. The van der Waals surface area contributed by atoms with E-state index in [-0.39, 0.29) is 34.0 Å². The summed E-state index contributed by atoms with van der Waals surface area (Å²) in [5, 5.41) is 0. The smallest absolute Gasteiger partial charge is 0.350 e. The van der Waals surface area contributed by atoms with Gasteiger partial charge in [-0.25, -0.2) is 0 Å². The zero-order chi connectivity index (χ0) is 26.1. The summed E-state index contributed by atoms with van der Waals surface area (Å²) in [7, 11) is -8.53. The van der Waals surface area contributed by atoms with Crippen LogP contribution in [0.15, 0.2) is 0 Å². The normalized spacial score (nSPS) is 32.5. The Labute approximate surface area is 208 Å². The standard InChI is InChI=1S/C24H54O6Si3/c1-16-31(19(4)25-22(7,8)9)28-32(17-2,20(5)26-23(10,11)12)30-33(18-3,29-31)21(6)27-24(13,14)15/h19-21H,16-18H2,1-15H3. The second-order valence-electron chi connectivity index (χ2n) is 12.4. The van der Waals surface area contributed by atoms with Crippen LogP contribution in [-0.2, 0) is 26.6 Å². The van der Waals surface area contributed by atoms with Crippen LogP contribution in [0.1, 0.15) is 104 Å². The van der Waals surface area contributed by atoms with E-state index in [1.54, 1.807) is 0 Å². The zero-order valence-electron chi connectivity index (χ0n) is 24.3. The molecule has 0 N–H and O–H groups in total. The average Bonchev–Trinajstić information content (AvgIpc) is 2.63. The Hall–Kier alpha value is 0.411. The van der Waals surface area contributed by atoms with E-state index in [1.165, 1.54) is 0 Å². The van der Waals surface area contributed by atoms with E-state index in [9.17, 15) is 0 Å². The van der Waals surface area contributed by atoms with Crippen LogP contribution >= 0.6 is 0 Å². The molecule has 1 aliphatic rings. The zero-order valence-corrected chi connectivity index (χ0v) is 27.3. The number of rotatable bonds is 9. The van der Waals surface area contributed by atoms with E-state index in [1.807, 2.05) is 0 Å². The van der Waals surface area contributed by atoms with Crippen LogP contribution in [0, 0.1) is 0 Å². The fourth-order valence-electron chi connectivity index (χ4n) is 4.59. The van der Waals surface area contributed by atoms with Crippen molar-refractivity contribution in [1.82, 2.24) is 0 Å².